The van der Waals surface area contributed by atoms with Crippen molar-refractivity contribution in [3.63, 3.8) is 0 Å². The minimum absolute atomic E-state index is 0.550. The third kappa shape index (κ3) is 3.07. The summed E-state index contributed by atoms with van der Waals surface area (Å²) in [7, 11) is 0. The number of aliphatic carboxylic acids is 1. The third-order valence-electron chi connectivity index (χ3n) is 3.80. The zero-order valence-corrected chi connectivity index (χ0v) is 10.6. The zero-order chi connectivity index (χ0) is 12.8. The lowest BCUT2D eigenvalue weighted by molar-refractivity contribution is -0.150. The molecule has 1 saturated heterocycles. The summed E-state index contributed by atoms with van der Waals surface area (Å²) in [6, 6.07) is 3.99. The Labute approximate surface area is 107 Å². The standard InChI is InChI=1S/C14H20N2O2/c17-13(18)14(7-2-8-16-11-14)6-1-3-12-4-9-15-10-5-12/h4-5,9-10,16H,1-3,6-8,11H2,(H,17,18). The van der Waals surface area contributed by atoms with Crippen LogP contribution in [0.15, 0.2) is 24.5 Å². The Balaban J connectivity index is 1.88. The number of aromatic nitrogens is 1. The predicted molar refractivity (Wildman–Crippen MR) is 69.3 cm³/mol. The van der Waals surface area contributed by atoms with Gasteiger partial charge in [-0.1, -0.05) is 0 Å². The first kappa shape index (κ1) is 13.0. The van der Waals surface area contributed by atoms with E-state index >= 15 is 0 Å². The predicted octanol–water partition coefficient (Wildman–Crippen LogP) is 1.86. The monoisotopic (exact) mass is 248 g/mol. The second-order valence-electron chi connectivity index (χ2n) is 5.07. The average molecular weight is 248 g/mol. The van der Waals surface area contributed by atoms with Crippen LogP contribution in [-0.4, -0.2) is 29.1 Å². The van der Waals surface area contributed by atoms with Gasteiger partial charge in [0.2, 0.25) is 0 Å². The fraction of sp³-hybridized carbons (Fsp3) is 0.571. The largest absolute Gasteiger partial charge is 0.481 e. The third-order valence-corrected chi connectivity index (χ3v) is 3.80. The normalized spacial score (nSPS) is 23.8. The van der Waals surface area contributed by atoms with Gasteiger partial charge >= 0.3 is 5.97 Å². The SMILES string of the molecule is O=C(O)C1(CCCc2ccncc2)CCCNC1. The van der Waals surface area contributed by atoms with E-state index in [4.69, 9.17) is 0 Å². The average Bonchev–Trinajstić information content (AvgIpc) is 2.41. The molecule has 18 heavy (non-hydrogen) atoms. The summed E-state index contributed by atoms with van der Waals surface area (Å²) in [4.78, 5) is 15.4. The molecule has 1 aromatic heterocycles. The summed E-state index contributed by atoms with van der Waals surface area (Å²) in [5.41, 5.74) is 0.681. The van der Waals surface area contributed by atoms with Gasteiger partial charge in [0.25, 0.3) is 0 Å². The number of carboxylic acids is 1. The number of nitrogens with zero attached hydrogens (tertiary/aromatic N) is 1. The van der Waals surface area contributed by atoms with Crippen LogP contribution in [0.5, 0.6) is 0 Å². The number of pyridine rings is 1. The number of rotatable bonds is 5. The highest BCUT2D eigenvalue weighted by Gasteiger charge is 2.38. The number of carboxylic acid groups (broad SMARTS) is 1. The summed E-state index contributed by atoms with van der Waals surface area (Å²) < 4.78 is 0. The molecule has 2 rings (SSSR count). The van der Waals surface area contributed by atoms with Gasteiger partial charge < -0.3 is 10.4 Å². The van der Waals surface area contributed by atoms with Crippen molar-refractivity contribution in [3.05, 3.63) is 30.1 Å². The molecule has 4 nitrogen and oxygen atoms in total. The van der Waals surface area contributed by atoms with E-state index in [1.54, 1.807) is 12.4 Å². The van der Waals surface area contributed by atoms with E-state index in [-0.39, 0.29) is 0 Å². The number of hydrogen-bond donors (Lipinski definition) is 2. The van der Waals surface area contributed by atoms with Gasteiger partial charge in [0, 0.05) is 18.9 Å². The van der Waals surface area contributed by atoms with Crippen molar-refractivity contribution in [2.24, 2.45) is 5.41 Å². The second kappa shape index (κ2) is 5.96. The van der Waals surface area contributed by atoms with Crippen LogP contribution in [0.3, 0.4) is 0 Å². The van der Waals surface area contributed by atoms with Gasteiger partial charge in [0.1, 0.15) is 0 Å². The fourth-order valence-electron chi connectivity index (χ4n) is 2.65. The Bertz CT molecular complexity index is 386. The molecule has 1 fully saturated rings. The molecule has 2 heterocycles. The number of carbonyl (C=O) groups is 1. The topological polar surface area (TPSA) is 62.2 Å². The second-order valence-corrected chi connectivity index (χ2v) is 5.07. The van der Waals surface area contributed by atoms with Crippen LogP contribution < -0.4 is 5.32 Å². The van der Waals surface area contributed by atoms with Crippen molar-refractivity contribution in [1.82, 2.24) is 10.3 Å². The van der Waals surface area contributed by atoms with Gasteiger partial charge in [-0.25, -0.2) is 0 Å². The van der Waals surface area contributed by atoms with Gasteiger partial charge in [0.05, 0.1) is 5.41 Å². The van der Waals surface area contributed by atoms with Crippen molar-refractivity contribution in [1.29, 1.82) is 0 Å². The molecule has 0 aliphatic carbocycles. The molecular weight excluding hydrogens is 228 g/mol. The van der Waals surface area contributed by atoms with Gasteiger partial charge in [-0.15, -0.1) is 0 Å². The summed E-state index contributed by atoms with van der Waals surface area (Å²) in [5, 5.41) is 12.7. The Morgan fingerprint density at radius 1 is 1.44 bits per heavy atom. The van der Waals surface area contributed by atoms with Crippen LogP contribution in [0.25, 0.3) is 0 Å². The van der Waals surface area contributed by atoms with Crippen molar-refractivity contribution in [2.75, 3.05) is 13.1 Å². The number of hydrogen-bond acceptors (Lipinski definition) is 3. The minimum atomic E-state index is -0.649. The number of aryl methyl sites for hydroxylation is 1. The highest BCUT2D eigenvalue weighted by atomic mass is 16.4. The molecular formula is C14H20N2O2. The van der Waals surface area contributed by atoms with E-state index in [1.807, 2.05) is 12.1 Å². The fourth-order valence-corrected chi connectivity index (χ4v) is 2.65. The van der Waals surface area contributed by atoms with Crippen LogP contribution in [-0.2, 0) is 11.2 Å². The van der Waals surface area contributed by atoms with E-state index in [9.17, 15) is 9.90 Å². The van der Waals surface area contributed by atoms with E-state index in [2.05, 4.69) is 10.3 Å². The van der Waals surface area contributed by atoms with E-state index in [1.165, 1.54) is 5.56 Å². The summed E-state index contributed by atoms with van der Waals surface area (Å²) in [6.45, 7) is 1.55. The van der Waals surface area contributed by atoms with Gasteiger partial charge in [-0.05, 0) is 56.3 Å². The first-order chi connectivity index (χ1) is 8.73. The summed E-state index contributed by atoms with van der Waals surface area (Å²) >= 11 is 0. The van der Waals surface area contributed by atoms with Crippen LogP contribution in [0, 0.1) is 5.41 Å². The molecule has 1 unspecified atom stereocenters. The Kier molecular flexibility index (Phi) is 4.31. The van der Waals surface area contributed by atoms with Crippen molar-refractivity contribution >= 4 is 5.97 Å². The van der Waals surface area contributed by atoms with Gasteiger partial charge in [0.15, 0.2) is 0 Å². The molecule has 1 atom stereocenters. The molecule has 0 amide bonds. The van der Waals surface area contributed by atoms with Crippen LogP contribution in [0.2, 0.25) is 0 Å². The van der Waals surface area contributed by atoms with E-state index in [0.29, 0.717) is 6.54 Å². The van der Waals surface area contributed by atoms with Crippen molar-refractivity contribution < 1.29 is 9.90 Å². The Hall–Kier alpha value is -1.42. The smallest absolute Gasteiger partial charge is 0.310 e. The van der Waals surface area contributed by atoms with Gasteiger partial charge in [-0.3, -0.25) is 9.78 Å². The van der Waals surface area contributed by atoms with E-state index < -0.39 is 11.4 Å². The molecule has 98 valence electrons. The lowest BCUT2D eigenvalue weighted by Crippen LogP contribution is -2.45. The number of nitrogens with one attached hydrogen (secondary N) is 1. The maximum atomic E-state index is 11.5. The van der Waals surface area contributed by atoms with Crippen molar-refractivity contribution in [3.8, 4) is 0 Å². The quantitative estimate of drug-likeness (QED) is 0.835. The first-order valence-electron chi connectivity index (χ1n) is 6.56. The molecule has 0 radical (unpaired) electrons. The van der Waals surface area contributed by atoms with Crippen molar-refractivity contribution in [2.45, 2.75) is 32.1 Å². The Morgan fingerprint density at radius 3 is 2.83 bits per heavy atom. The lowest BCUT2D eigenvalue weighted by Gasteiger charge is -2.33. The highest BCUT2D eigenvalue weighted by Crippen LogP contribution is 2.32. The molecule has 0 bridgehead atoms. The molecule has 0 saturated carbocycles. The van der Waals surface area contributed by atoms with E-state index in [0.717, 1.165) is 38.6 Å². The first-order valence-corrected chi connectivity index (χ1v) is 6.56. The minimum Gasteiger partial charge on any atom is -0.481 e. The number of piperidine rings is 1. The summed E-state index contributed by atoms with van der Waals surface area (Å²) in [6.07, 6.45) is 7.91. The maximum Gasteiger partial charge on any atom is 0.310 e. The molecule has 0 aromatic carbocycles. The highest BCUT2D eigenvalue weighted by molar-refractivity contribution is 5.75. The molecule has 1 aromatic rings. The van der Waals surface area contributed by atoms with Crippen LogP contribution in [0.4, 0.5) is 0 Å². The molecule has 1 aliphatic heterocycles. The van der Waals surface area contributed by atoms with Crippen LogP contribution in [0.1, 0.15) is 31.2 Å². The zero-order valence-electron chi connectivity index (χ0n) is 10.6. The molecule has 0 spiro atoms. The lowest BCUT2D eigenvalue weighted by atomic mass is 9.76. The van der Waals surface area contributed by atoms with Crippen LogP contribution >= 0.6 is 0 Å². The molecule has 1 aliphatic rings. The molecule has 2 N–H and O–H groups in total. The maximum absolute atomic E-state index is 11.5. The Morgan fingerprint density at radius 2 is 2.22 bits per heavy atom. The van der Waals surface area contributed by atoms with Gasteiger partial charge in [-0.2, -0.15) is 0 Å². The summed E-state index contributed by atoms with van der Waals surface area (Å²) in [5.74, 6) is -0.649. The molecule has 4 heteroatoms.